The van der Waals surface area contributed by atoms with E-state index >= 15 is 0 Å². The highest BCUT2D eigenvalue weighted by molar-refractivity contribution is 14.0. The molecule has 0 aliphatic rings. The van der Waals surface area contributed by atoms with E-state index in [0.29, 0.717) is 25.6 Å². The van der Waals surface area contributed by atoms with Crippen LogP contribution in [0.3, 0.4) is 0 Å². The molecular weight excluding hydrogens is 503 g/mol. The van der Waals surface area contributed by atoms with Crippen molar-refractivity contribution >= 4 is 29.9 Å². The SMILES string of the molecule is CCCOc1ccc(CN=C(NCC)NCc2ccccc2Cn2cccn2)cn1.I. The first-order chi connectivity index (χ1) is 14.8. The molecule has 0 bridgehead atoms. The maximum absolute atomic E-state index is 5.53. The van der Waals surface area contributed by atoms with Gasteiger partial charge in [0.25, 0.3) is 0 Å². The summed E-state index contributed by atoms with van der Waals surface area (Å²) in [5.74, 6) is 1.43. The molecule has 2 heterocycles. The molecule has 0 fully saturated rings. The fraction of sp³-hybridized carbons (Fsp3) is 0.348. The molecule has 2 N–H and O–H groups in total. The predicted molar refractivity (Wildman–Crippen MR) is 135 cm³/mol. The highest BCUT2D eigenvalue weighted by Crippen LogP contribution is 2.11. The van der Waals surface area contributed by atoms with Crippen LogP contribution in [0.4, 0.5) is 0 Å². The van der Waals surface area contributed by atoms with E-state index in [1.807, 2.05) is 35.3 Å². The van der Waals surface area contributed by atoms with Crippen LogP contribution in [0.5, 0.6) is 5.88 Å². The average molecular weight is 534 g/mol. The zero-order valence-electron chi connectivity index (χ0n) is 18.1. The van der Waals surface area contributed by atoms with Gasteiger partial charge in [-0.1, -0.05) is 37.3 Å². The van der Waals surface area contributed by atoms with Gasteiger partial charge in [0.1, 0.15) is 0 Å². The highest BCUT2D eigenvalue weighted by atomic mass is 127. The van der Waals surface area contributed by atoms with Crippen LogP contribution in [0.25, 0.3) is 0 Å². The van der Waals surface area contributed by atoms with Crippen LogP contribution in [-0.4, -0.2) is 33.9 Å². The number of nitrogens with zero attached hydrogens (tertiary/aromatic N) is 4. The van der Waals surface area contributed by atoms with E-state index in [-0.39, 0.29) is 24.0 Å². The van der Waals surface area contributed by atoms with E-state index in [4.69, 9.17) is 9.73 Å². The number of guanidine groups is 1. The van der Waals surface area contributed by atoms with Crippen molar-refractivity contribution in [2.45, 2.75) is 39.9 Å². The molecule has 7 nitrogen and oxygen atoms in total. The lowest BCUT2D eigenvalue weighted by Gasteiger charge is -2.14. The second-order valence-electron chi connectivity index (χ2n) is 6.87. The molecule has 0 spiro atoms. The van der Waals surface area contributed by atoms with Gasteiger partial charge in [0.05, 0.1) is 19.7 Å². The Balaban J connectivity index is 0.00000341. The van der Waals surface area contributed by atoms with Crippen molar-refractivity contribution < 1.29 is 4.74 Å². The van der Waals surface area contributed by atoms with E-state index < -0.39 is 0 Å². The zero-order chi connectivity index (χ0) is 21.0. The molecular formula is C23H31IN6O. The van der Waals surface area contributed by atoms with Crippen LogP contribution in [0.15, 0.2) is 66.0 Å². The van der Waals surface area contributed by atoms with Crippen molar-refractivity contribution in [3.05, 3.63) is 77.7 Å². The summed E-state index contributed by atoms with van der Waals surface area (Å²) in [6, 6.07) is 14.2. The summed E-state index contributed by atoms with van der Waals surface area (Å²) in [7, 11) is 0. The Labute approximate surface area is 201 Å². The molecule has 31 heavy (non-hydrogen) atoms. The summed E-state index contributed by atoms with van der Waals surface area (Å²) < 4.78 is 7.46. The molecule has 2 aromatic heterocycles. The number of rotatable bonds is 10. The van der Waals surface area contributed by atoms with E-state index in [0.717, 1.165) is 31.0 Å². The number of hydrogen-bond donors (Lipinski definition) is 2. The van der Waals surface area contributed by atoms with Gasteiger partial charge in [-0.3, -0.25) is 4.68 Å². The topological polar surface area (TPSA) is 76.4 Å². The fourth-order valence-electron chi connectivity index (χ4n) is 2.94. The van der Waals surface area contributed by atoms with Crippen LogP contribution in [0, 0.1) is 0 Å². The highest BCUT2D eigenvalue weighted by Gasteiger charge is 2.05. The molecule has 1 aromatic carbocycles. The summed E-state index contributed by atoms with van der Waals surface area (Å²) in [5, 5.41) is 11.0. The Bertz CT molecular complexity index is 912. The van der Waals surface area contributed by atoms with Crippen molar-refractivity contribution in [1.82, 2.24) is 25.4 Å². The zero-order valence-corrected chi connectivity index (χ0v) is 20.5. The van der Waals surface area contributed by atoms with Crippen molar-refractivity contribution in [2.24, 2.45) is 4.99 Å². The lowest BCUT2D eigenvalue weighted by Crippen LogP contribution is -2.37. The van der Waals surface area contributed by atoms with E-state index in [1.165, 1.54) is 11.1 Å². The minimum absolute atomic E-state index is 0. The Kier molecular flexibility index (Phi) is 10.8. The first-order valence-corrected chi connectivity index (χ1v) is 10.4. The van der Waals surface area contributed by atoms with Crippen LogP contribution >= 0.6 is 24.0 Å². The number of nitrogens with one attached hydrogen (secondary N) is 2. The van der Waals surface area contributed by atoms with Gasteiger partial charge in [-0.25, -0.2) is 9.98 Å². The Morgan fingerprint density at radius 1 is 1.06 bits per heavy atom. The number of ether oxygens (including phenoxy) is 1. The quantitative estimate of drug-likeness (QED) is 0.234. The van der Waals surface area contributed by atoms with Gasteiger partial charge in [0.2, 0.25) is 5.88 Å². The predicted octanol–water partition coefficient (Wildman–Crippen LogP) is 3.99. The number of aliphatic imine (C=N–C) groups is 1. The van der Waals surface area contributed by atoms with E-state index in [9.17, 15) is 0 Å². The standard InChI is InChI=1S/C23H30N6O.HI/c1-3-14-30-22-11-10-19(15-25-22)16-26-23(24-4-2)27-17-20-8-5-6-9-21(20)18-29-13-7-12-28-29;/h5-13,15H,3-4,14,16-18H2,1-2H3,(H2,24,26,27);1H. The Hall–Kier alpha value is -2.62. The van der Waals surface area contributed by atoms with Gasteiger partial charge in [0, 0.05) is 37.7 Å². The van der Waals surface area contributed by atoms with Gasteiger partial charge in [-0.15, -0.1) is 24.0 Å². The van der Waals surface area contributed by atoms with Gasteiger partial charge < -0.3 is 15.4 Å². The number of aromatic nitrogens is 3. The maximum atomic E-state index is 5.53. The Morgan fingerprint density at radius 3 is 2.58 bits per heavy atom. The summed E-state index contributed by atoms with van der Waals surface area (Å²) in [4.78, 5) is 9.03. The molecule has 3 aromatic rings. The van der Waals surface area contributed by atoms with Crippen molar-refractivity contribution in [2.75, 3.05) is 13.2 Å². The van der Waals surface area contributed by atoms with Crippen molar-refractivity contribution in [3.63, 3.8) is 0 Å². The second-order valence-corrected chi connectivity index (χ2v) is 6.87. The van der Waals surface area contributed by atoms with Gasteiger partial charge >= 0.3 is 0 Å². The molecule has 0 radical (unpaired) electrons. The maximum Gasteiger partial charge on any atom is 0.213 e. The van der Waals surface area contributed by atoms with Crippen LogP contribution in [0.2, 0.25) is 0 Å². The summed E-state index contributed by atoms with van der Waals surface area (Å²) in [5.41, 5.74) is 3.49. The molecule has 0 saturated heterocycles. The first kappa shape index (κ1) is 24.6. The lowest BCUT2D eigenvalue weighted by atomic mass is 10.1. The molecule has 0 saturated carbocycles. The largest absolute Gasteiger partial charge is 0.478 e. The molecule has 166 valence electrons. The van der Waals surface area contributed by atoms with Crippen LogP contribution in [-0.2, 0) is 19.6 Å². The normalized spacial score (nSPS) is 11.0. The lowest BCUT2D eigenvalue weighted by molar-refractivity contribution is 0.305. The third-order valence-electron chi connectivity index (χ3n) is 4.47. The minimum atomic E-state index is 0. The molecule has 0 atom stereocenters. The summed E-state index contributed by atoms with van der Waals surface area (Å²) in [6.45, 7) is 7.59. The van der Waals surface area contributed by atoms with Gasteiger partial charge in [0.15, 0.2) is 5.96 Å². The molecule has 8 heteroatoms. The van der Waals surface area contributed by atoms with Crippen LogP contribution < -0.4 is 15.4 Å². The molecule has 0 unspecified atom stereocenters. The number of pyridine rings is 1. The molecule has 0 aliphatic carbocycles. The summed E-state index contributed by atoms with van der Waals surface area (Å²) >= 11 is 0. The monoisotopic (exact) mass is 534 g/mol. The van der Waals surface area contributed by atoms with Crippen LogP contribution in [0.1, 0.15) is 37.0 Å². The van der Waals surface area contributed by atoms with Gasteiger partial charge in [-0.2, -0.15) is 5.10 Å². The number of halogens is 1. The molecule has 0 amide bonds. The second kappa shape index (κ2) is 13.6. The molecule has 3 rings (SSSR count). The smallest absolute Gasteiger partial charge is 0.213 e. The van der Waals surface area contributed by atoms with Crippen molar-refractivity contribution in [3.8, 4) is 5.88 Å². The molecule has 0 aliphatic heterocycles. The third-order valence-corrected chi connectivity index (χ3v) is 4.47. The fourth-order valence-corrected chi connectivity index (χ4v) is 2.94. The van der Waals surface area contributed by atoms with Crippen molar-refractivity contribution in [1.29, 1.82) is 0 Å². The van der Waals surface area contributed by atoms with Gasteiger partial charge in [-0.05, 0) is 36.1 Å². The number of benzene rings is 1. The Morgan fingerprint density at radius 2 is 1.90 bits per heavy atom. The van der Waals surface area contributed by atoms with E-state index in [1.54, 1.807) is 6.20 Å². The first-order valence-electron chi connectivity index (χ1n) is 10.4. The third kappa shape index (κ3) is 8.20. The minimum Gasteiger partial charge on any atom is -0.478 e. The van der Waals surface area contributed by atoms with E-state index in [2.05, 4.69) is 58.8 Å². The average Bonchev–Trinajstić information content (AvgIpc) is 3.29. The number of hydrogen-bond acceptors (Lipinski definition) is 4. The summed E-state index contributed by atoms with van der Waals surface area (Å²) in [6.07, 6.45) is 6.56.